The van der Waals surface area contributed by atoms with Gasteiger partial charge in [-0.3, -0.25) is 9.59 Å². The first-order valence-electron chi connectivity index (χ1n) is 12.0. The molecule has 1 aliphatic heterocycles. The summed E-state index contributed by atoms with van der Waals surface area (Å²) in [6.07, 6.45) is -0.748. The van der Waals surface area contributed by atoms with E-state index in [1.807, 2.05) is 43.3 Å². The van der Waals surface area contributed by atoms with Gasteiger partial charge in [0.15, 0.2) is 0 Å². The van der Waals surface area contributed by atoms with E-state index in [0.717, 1.165) is 22.3 Å². The van der Waals surface area contributed by atoms with Crippen molar-refractivity contribution >= 4 is 18.0 Å². The van der Waals surface area contributed by atoms with Crippen LogP contribution in [0.15, 0.2) is 48.5 Å². The van der Waals surface area contributed by atoms with Gasteiger partial charge < -0.3 is 24.8 Å². The summed E-state index contributed by atoms with van der Waals surface area (Å²) in [5.74, 6) is -2.05. The minimum absolute atomic E-state index is 0.0232. The number of methoxy groups -OCH3 is 1. The van der Waals surface area contributed by atoms with Gasteiger partial charge in [-0.15, -0.1) is 0 Å². The lowest BCUT2D eigenvalue weighted by molar-refractivity contribution is -0.149. The molecule has 1 fully saturated rings. The highest BCUT2D eigenvalue weighted by Gasteiger charge is 2.38. The zero-order chi connectivity index (χ0) is 25.1. The van der Waals surface area contributed by atoms with E-state index in [0.29, 0.717) is 13.0 Å². The van der Waals surface area contributed by atoms with Crippen LogP contribution in [-0.2, 0) is 19.1 Å². The van der Waals surface area contributed by atoms with Crippen molar-refractivity contribution in [2.24, 2.45) is 11.8 Å². The van der Waals surface area contributed by atoms with Gasteiger partial charge in [0.1, 0.15) is 12.6 Å². The van der Waals surface area contributed by atoms with Gasteiger partial charge >= 0.3 is 12.1 Å². The van der Waals surface area contributed by atoms with Crippen molar-refractivity contribution in [3.05, 3.63) is 59.7 Å². The highest BCUT2D eigenvalue weighted by atomic mass is 16.5. The van der Waals surface area contributed by atoms with Crippen molar-refractivity contribution in [1.29, 1.82) is 0 Å². The Hall–Kier alpha value is -3.39. The van der Waals surface area contributed by atoms with Crippen LogP contribution in [0.2, 0.25) is 0 Å². The molecule has 2 N–H and O–H groups in total. The van der Waals surface area contributed by atoms with Gasteiger partial charge in [-0.2, -0.15) is 0 Å². The highest BCUT2D eigenvalue weighted by molar-refractivity contribution is 5.87. The van der Waals surface area contributed by atoms with Crippen molar-refractivity contribution in [1.82, 2.24) is 10.2 Å². The number of aliphatic carboxylic acids is 1. The summed E-state index contributed by atoms with van der Waals surface area (Å²) in [5.41, 5.74) is 4.46. The molecule has 186 valence electrons. The molecule has 2 aromatic carbocycles. The molecule has 8 nitrogen and oxygen atoms in total. The minimum Gasteiger partial charge on any atom is -0.481 e. The Morgan fingerprint density at radius 3 is 2.26 bits per heavy atom. The van der Waals surface area contributed by atoms with Crippen molar-refractivity contribution in [2.75, 3.05) is 26.8 Å². The molecule has 1 heterocycles. The number of carbonyl (C=O) groups is 3. The molecule has 8 heteroatoms. The summed E-state index contributed by atoms with van der Waals surface area (Å²) in [5, 5.41) is 12.2. The number of carboxylic acids is 1. The average Bonchev–Trinajstić information content (AvgIpc) is 3.19. The van der Waals surface area contributed by atoms with Crippen molar-refractivity contribution < 1.29 is 29.0 Å². The number of amides is 2. The number of ether oxygens (including phenoxy) is 2. The Morgan fingerprint density at radius 2 is 1.69 bits per heavy atom. The predicted molar refractivity (Wildman–Crippen MR) is 130 cm³/mol. The van der Waals surface area contributed by atoms with Crippen LogP contribution in [0, 0.1) is 11.8 Å². The molecule has 4 unspecified atom stereocenters. The van der Waals surface area contributed by atoms with E-state index in [-0.39, 0.29) is 30.9 Å². The fourth-order valence-corrected chi connectivity index (χ4v) is 5.07. The number of piperidine rings is 1. The second-order valence-electron chi connectivity index (χ2n) is 9.38. The normalized spacial score (nSPS) is 20.9. The maximum atomic E-state index is 13.3. The molecule has 1 aliphatic carbocycles. The third kappa shape index (κ3) is 5.03. The maximum Gasteiger partial charge on any atom is 0.407 e. The van der Waals surface area contributed by atoms with Gasteiger partial charge in [0.2, 0.25) is 5.91 Å². The topological polar surface area (TPSA) is 105 Å². The number of carbonyl (C=O) groups excluding carboxylic acids is 2. The lowest BCUT2D eigenvalue weighted by atomic mass is 9.87. The molecule has 35 heavy (non-hydrogen) atoms. The molecule has 0 radical (unpaired) electrons. The summed E-state index contributed by atoms with van der Waals surface area (Å²) < 4.78 is 11.0. The van der Waals surface area contributed by atoms with Crippen molar-refractivity contribution in [3.63, 3.8) is 0 Å². The van der Waals surface area contributed by atoms with Crippen LogP contribution >= 0.6 is 0 Å². The van der Waals surface area contributed by atoms with Crippen LogP contribution in [0.25, 0.3) is 11.1 Å². The fourth-order valence-electron chi connectivity index (χ4n) is 5.07. The number of hydrogen-bond donors (Lipinski definition) is 2. The molecule has 2 aromatic rings. The van der Waals surface area contributed by atoms with E-state index in [9.17, 15) is 19.5 Å². The Labute approximate surface area is 205 Å². The van der Waals surface area contributed by atoms with Crippen LogP contribution in [0.3, 0.4) is 0 Å². The van der Waals surface area contributed by atoms with Crippen molar-refractivity contribution in [3.8, 4) is 11.1 Å². The Morgan fingerprint density at radius 1 is 1.09 bits per heavy atom. The second-order valence-corrected chi connectivity index (χ2v) is 9.38. The first kappa shape index (κ1) is 24.7. The molecule has 4 rings (SSSR count). The van der Waals surface area contributed by atoms with Gasteiger partial charge in [0, 0.05) is 26.1 Å². The summed E-state index contributed by atoms with van der Waals surface area (Å²) >= 11 is 0. The number of rotatable bonds is 7. The summed E-state index contributed by atoms with van der Waals surface area (Å²) in [7, 11) is 1.46. The molecule has 0 bridgehead atoms. The summed E-state index contributed by atoms with van der Waals surface area (Å²) in [6, 6.07) is 15.1. The molecule has 1 saturated heterocycles. The molecule has 0 aromatic heterocycles. The van der Waals surface area contributed by atoms with Gasteiger partial charge in [-0.1, -0.05) is 55.5 Å². The smallest absolute Gasteiger partial charge is 0.407 e. The maximum absolute atomic E-state index is 13.3. The number of carboxylic acid groups (broad SMARTS) is 1. The molecular formula is C27H32N2O6. The fraction of sp³-hybridized carbons (Fsp3) is 0.444. The largest absolute Gasteiger partial charge is 0.481 e. The van der Waals surface area contributed by atoms with Gasteiger partial charge in [-0.25, -0.2) is 4.79 Å². The molecule has 2 aliphatic rings. The van der Waals surface area contributed by atoms with E-state index in [1.165, 1.54) is 12.0 Å². The zero-order valence-electron chi connectivity index (χ0n) is 20.3. The Balaban J connectivity index is 1.43. The highest BCUT2D eigenvalue weighted by Crippen LogP contribution is 2.44. The number of hydrogen-bond acceptors (Lipinski definition) is 5. The second kappa shape index (κ2) is 10.5. The van der Waals surface area contributed by atoms with E-state index in [2.05, 4.69) is 17.4 Å². The van der Waals surface area contributed by atoms with E-state index in [1.54, 1.807) is 6.92 Å². The Bertz CT molecular complexity index is 1060. The first-order valence-corrected chi connectivity index (χ1v) is 12.0. The van der Waals surface area contributed by atoms with Crippen LogP contribution < -0.4 is 5.32 Å². The minimum atomic E-state index is -0.987. The van der Waals surface area contributed by atoms with E-state index in [4.69, 9.17) is 9.47 Å². The number of nitrogens with one attached hydrogen (secondary N) is 1. The number of benzene rings is 2. The lowest BCUT2D eigenvalue weighted by Gasteiger charge is -2.37. The van der Waals surface area contributed by atoms with Crippen molar-refractivity contribution in [2.45, 2.75) is 38.3 Å². The number of likely N-dealkylation sites (tertiary alicyclic amines) is 1. The number of alkyl carbamates (subject to hydrolysis) is 1. The molecular weight excluding hydrogens is 448 g/mol. The van der Waals surface area contributed by atoms with Crippen LogP contribution in [0.5, 0.6) is 0 Å². The van der Waals surface area contributed by atoms with E-state index < -0.39 is 30.1 Å². The number of nitrogens with zero attached hydrogens (tertiary/aromatic N) is 1. The summed E-state index contributed by atoms with van der Waals surface area (Å²) in [6.45, 7) is 4.24. The first-order chi connectivity index (χ1) is 16.8. The lowest BCUT2D eigenvalue weighted by Crippen LogP contribution is -2.57. The average molecular weight is 481 g/mol. The molecule has 4 atom stereocenters. The zero-order valence-corrected chi connectivity index (χ0v) is 20.3. The third-order valence-corrected chi connectivity index (χ3v) is 7.31. The monoisotopic (exact) mass is 480 g/mol. The number of fused-ring (bicyclic) bond motifs is 3. The standard InChI is InChI=1S/C27H32N2O6/c1-16-12-13-29(14-22(16)26(31)32)25(30)24(17(2)34-3)28-27(33)35-15-23-20-10-6-4-8-18(20)19-9-5-7-11-21(19)23/h4-11,16-17,22-24H,12-15H2,1-3H3,(H,28,33)(H,31,32). The van der Waals surface area contributed by atoms with Gasteiger partial charge in [0.25, 0.3) is 0 Å². The molecule has 0 saturated carbocycles. The van der Waals surface area contributed by atoms with Crippen LogP contribution in [-0.4, -0.2) is 66.9 Å². The van der Waals surface area contributed by atoms with Crippen LogP contribution in [0.4, 0.5) is 4.79 Å². The molecule has 0 spiro atoms. The molecule has 2 amide bonds. The van der Waals surface area contributed by atoms with Crippen LogP contribution in [0.1, 0.15) is 37.3 Å². The predicted octanol–water partition coefficient (Wildman–Crippen LogP) is 3.50. The SMILES string of the molecule is COC(C)C(NC(=O)OCC1c2ccccc2-c2ccccc21)C(=O)N1CCC(C)C(C(=O)O)C1. The van der Waals surface area contributed by atoms with Gasteiger partial charge in [0.05, 0.1) is 12.0 Å². The van der Waals surface area contributed by atoms with E-state index >= 15 is 0 Å². The van der Waals surface area contributed by atoms with Gasteiger partial charge in [-0.05, 0) is 41.5 Å². The quantitative estimate of drug-likeness (QED) is 0.629. The Kier molecular flexibility index (Phi) is 7.40. The third-order valence-electron chi connectivity index (χ3n) is 7.31. The summed E-state index contributed by atoms with van der Waals surface area (Å²) in [4.78, 5) is 39.2.